The lowest BCUT2D eigenvalue weighted by atomic mass is 10.5. The van der Waals surface area contributed by atoms with Crippen LogP contribution in [0.5, 0.6) is 0 Å². The molecule has 0 aliphatic carbocycles. The second-order valence-corrected chi connectivity index (χ2v) is 5.99. The SMILES string of the molecule is CCCS(=O)(=O)NCc1csc(C)n1. The Morgan fingerprint density at radius 2 is 2.29 bits per heavy atom. The van der Waals surface area contributed by atoms with Crippen LogP contribution < -0.4 is 4.72 Å². The minimum absolute atomic E-state index is 0.177. The quantitative estimate of drug-likeness (QED) is 0.835. The number of rotatable bonds is 5. The van der Waals surface area contributed by atoms with E-state index < -0.39 is 10.0 Å². The fourth-order valence-electron chi connectivity index (χ4n) is 1.01. The Morgan fingerprint density at radius 1 is 1.57 bits per heavy atom. The Morgan fingerprint density at radius 3 is 2.79 bits per heavy atom. The number of aryl methyl sites for hydroxylation is 1. The molecule has 14 heavy (non-hydrogen) atoms. The van der Waals surface area contributed by atoms with E-state index in [2.05, 4.69) is 9.71 Å². The van der Waals surface area contributed by atoms with Gasteiger partial charge in [0.1, 0.15) is 0 Å². The lowest BCUT2D eigenvalue weighted by molar-refractivity contribution is 0.579. The molecule has 0 saturated heterocycles. The Bertz CT molecular complexity index is 384. The van der Waals surface area contributed by atoms with E-state index in [9.17, 15) is 8.42 Å². The summed E-state index contributed by atoms with van der Waals surface area (Å²) in [7, 11) is -3.11. The molecule has 0 aliphatic rings. The van der Waals surface area contributed by atoms with Crippen molar-refractivity contribution < 1.29 is 8.42 Å². The van der Waals surface area contributed by atoms with Crippen molar-refractivity contribution in [1.29, 1.82) is 0 Å². The third kappa shape index (κ3) is 3.73. The van der Waals surface area contributed by atoms with Crippen molar-refractivity contribution in [3.63, 3.8) is 0 Å². The zero-order chi connectivity index (χ0) is 10.6. The lowest BCUT2D eigenvalue weighted by Crippen LogP contribution is -2.25. The highest BCUT2D eigenvalue weighted by Crippen LogP contribution is 2.07. The number of hydrogen-bond donors (Lipinski definition) is 1. The van der Waals surface area contributed by atoms with Crippen LogP contribution in [0.3, 0.4) is 0 Å². The van der Waals surface area contributed by atoms with Crippen LogP contribution in [0.15, 0.2) is 5.38 Å². The maximum Gasteiger partial charge on any atom is 0.211 e. The molecule has 1 rings (SSSR count). The molecule has 1 heterocycles. The van der Waals surface area contributed by atoms with Crippen LogP contribution in [-0.2, 0) is 16.6 Å². The smallest absolute Gasteiger partial charge is 0.211 e. The summed E-state index contributed by atoms with van der Waals surface area (Å²) >= 11 is 1.52. The summed E-state index contributed by atoms with van der Waals surface area (Å²) in [4.78, 5) is 4.17. The minimum Gasteiger partial charge on any atom is -0.245 e. The minimum atomic E-state index is -3.11. The summed E-state index contributed by atoms with van der Waals surface area (Å²) in [5.74, 6) is 0.177. The summed E-state index contributed by atoms with van der Waals surface area (Å²) in [6.45, 7) is 4.04. The molecular formula is C8H14N2O2S2. The van der Waals surface area contributed by atoms with Gasteiger partial charge in [-0.05, 0) is 13.3 Å². The first kappa shape index (κ1) is 11.6. The molecule has 0 fully saturated rings. The number of thiazole rings is 1. The van der Waals surface area contributed by atoms with Gasteiger partial charge in [-0.2, -0.15) is 0 Å². The zero-order valence-corrected chi connectivity index (χ0v) is 9.91. The Kier molecular flexibility index (Phi) is 4.03. The van der Waals surface area contributed by atoms with Crippen molar-refractivity contribution in [2.45, 2.75) is 26.8 Å². The molecule has 0 aliphatic heterocycles. The third-order valence-electron chi connectivity index (χ3n) is 1.61. The van der Waals surface area contributed by atoms with E-state index in [0.29, 0.717) is 13.0 Å². The van der Waals surface area contributed by atoms with E-state index in [1.165, 1.54) is 11.3 Å². The van der Waals surface area contributed by atoms with Crippen LogP contribution in [0, 0.1) is 6.92 Å². The molecule has 1 aromatic heterocycles. The lowest BCUT2D eigenvalue weighted by Gasteiger charge is -2.02. The zero-order valence-electron chi connectivity index (χ0n) is 8.28. The van der Waals surface area contributed by atoms with Crippen LogP contribution in [-0.4, -0.2) is 19.2 Å². The fraction of sp³-hybridized carbons (Fsp3) is 0.625. The number of nitrogens with zero attached hydrogens (tertiary/aromatic N) is 1. The Labute approximate surface area is 88.4 Å². The molecule has 6 heteroatoms. The maximum absolute atomic E-state index is 11.3. The van der Waals surface area contributed by atoms with Gasteiger partial charge >= 0.3 is 0 Å². The van der Waals surface area contributed by atoms with Gasteiger partial charge in [0.2, 0.25) is 10.0 Å². The topological polar surface area (TPSA) is 59.1 Å². The van der Waals surface area contributed by atoms with Crippen molar-refractivity contribution in [3.8, 4) is 0 Å². The van der Waals surface area contributed by atoms with Gasteiger partial charge < -0.3 is 0 Å². The predicted molar refractivity (Wildman–Crippen MR) is 57.8 cm³/mol. The molecule has 0 atom stereocenters. The molecule has 0 radical (unpaired) electrons. The van der Waals surface area contributed by atoms with Crippen LogP contribution >= 0.6 is 11.3 Å². The van der Waals surface area contributed by atoms with E-state index in [0.717, 1.165) is 10.7 Å². The second-order valence-electron chi connectivity index (χ2n) is 3.00. The van der Waals surface area contributed by atoms with E-state index in [1.807, 2.05) is 19.2 Å². The monoisotopic (exact) mass is 234 g/mol. The molecule has 80 valence electrons. The van der Waals surface area contributed by atoms with Gasteiger partial charge in [0.25, 0.3) is 0 Å². The van der Waals surface area contributed by atoms with Gasteiger partial charge in [0.15, 0.2) is 0 Å². The Hall–Kier alpha value is -0.460. The van der Waals surface area contributed by atoms with E-state index in [4.69, 9.17) is 0 Å². The van der Waals surface area contributed by atoms with E-state index in [-0.39, 0.29) is 5.75 Å². The summed E-state index contributed by atoms with van der Waals surface area (Å²) in [6, 6.07) is 0. The average molecular weight is 234 g/mol. The summed E-state index contributed by atoms with van der Waals surface area (Å²) in [6.07, 6.45) is 0.630. The molecule has 1 aromatic rings. The highest BCUT2D eigenvalue weighted by molar-refractivity contribution is 7.89. The molecule has 0 amide bonds. The van der Waals surface area contributed by atoms with Crippen molar-refractivity contribution in [3.05, 3.63) is 16.1 Å². The van der Waals surface area contributed by atoms with Crippen molar-refractivity contribution in [2.24, 2.45) is 0 Å². The van der Waals surface area contributed by atoms with Crippen LogP contribution in [0.2, 0.25) is 0 Å². The summed E-state index contributed by atoms with van der Waals surface area (Å²) in [5.41, 5.74) is 0.784. The Balaban J connectivity index is 2.48. The predicted octanol–water partition coefficient (Wildman–Crippen LogP) is 1.28. The van der Waals surface area contributed by atoms with Crippen molar-refractivity contribution in [2.75, 3.05) is 5.75 Å². The molecule has 0 bridgehead atoms. The first-order valence-electron chi connectivity index (χ1n) is 4.42. The number of hydrogen-bond acceptors (Lipinski definition) is 4. The largest absolute Gasteiger partial charge is 0.245 e. The van der Waals surface area contributed by atoms with Crippen LogP contribution in [0.4, 0.5) is 0 Å². The molecule has 4 nitrogen and oxygen atoms in total. The molecule has 0 aromatic carbocycles. The van der Waals surface area contributed by atoms with Crippen LogP contribution in [0.1, 0.15) is 24.0 Å². The number of sulfonamides is 1. The van der Waals surface area contributed by atoms with Gasteiger partial charge in [0.05, 0.1) is 23.0 Å². The van der Waals surface area contributed by atoms with E-state index >= 15 is 0 Å². The van der Waals surface area contributed by atoms with Gasteiger partial charge in [0, 0.05) is 5.38 Å². The third-order valence-corrected chi connectivity index (χ3v) is 3.96. The highest BCUT2D eigenvalue weighted by Gasteiger charge is 2.08. The molecule has 1 N–H and O–H groups in total. The number of aromatic nitrogens is 1. The van der Waals surface area contributed by atoms with E-state index in [1.54, 1.807) is 0 Å². The number of nitrogens with one attached hydrogen (secondary N) is 1. The summed E-state index contributed by atoms with van der Waals surface area (Å²) < 4.78 is 25.1. The average Bonchev–Trinajstić information content (AvgIpc) is 2.48. The second kappa shape index (κ2) is 4.86. The molecule has 0 spiro atoms. The standard InChI is InChI=1S/C8H14N2O2S2/c1-3-4-14(11,12)9-5-8-6-13-7(2)10-8/h6,9H,3-5H2,1-2H3. The first-order chi connectivity index (χ1) is 6.53. The van der Waals surface area contributed by atoms with Crippen molar-refractivity contribution in [1.82, 2.24) is 9.71 Å². The highest BCUT2D eigenvalue weighted by atomic mass is 32.2. The first-order valence-corrected chi connectivity index (χ1v) is 6.95. The molecular weight excluding hydrogens is 220 g/mol. The fourth-order valence-corrected chi connectivity index (χ4v) is 2.68. The normalized spacial score (nSPS) is 11.9. The summed E-state index contributed by atoms with van der Waals surface area (Å²) in [5, 5.41) is 2.82. The van der Waals surface area contributed by atoms with Gasteiger partial charge in [-0.1, -0.05) is 6.92 Å². The molecule has 0 saturated carbocycles. The van der Waals surface area contributed by atoms with Crippen molar-refractivity contribution >= 4 is 21.4 Å². The molecule has 0 unspecified atom stereocenters. The van der Waals surface area contributed by atoms with Gasteiger partial charge in [-0.15, -0.1) is 11.3 Å². The van der Waals surface area contributed by atoms with Gasteiger partial charge in [-0.25, -0.2) is 18.1 Å². The van der Waals surface area contributed by atoms with Gasteiger partial charge in [-0.3, -0.25) is 0 Å². The van der Waals surface area contributed by atoms with Crippen LogP contribution in [0.25, 0.3) is 0 Å². The maximum atomic E-state index is 11.3.